The number of benzene rings is 1. The number of ether oxygens (including phenoxy) is 2. The highest BCUT2D eigenvalue weighted by molar-refractivity contribution is 5.65. The maximum Gasteiger partial charge on any atom is 0.280 e. The van der Waals surface area contributed by atoms with E-state index in [4.69, 9.17) is 9.47 Å². The first kappa shape index (κ1) is 21.5. The van der Waals surface area contributed by atoms with Gasteiger partial charge in [-0.3, -0.25) is 4.68 Å². The number of aromatic nitrogens is 4. The van der Waals surface area contributed by atoms with Crippen LogP contribution in [0, 0.1) is 6.92 Å². The van der Waals surface area contributed by atoms with E-state index in [0.717, 1.165) is 17.8 Å². The van der Waals surface area contributed by atoms with E-state index in [1.165, 1.54) is 20.3 Å². The smallest absolute Gasteiger partial charge is 0.280 e. The van der Waals surface area contributed by atoms with E-state index < -0.39 is 6.43 Å². The Morgan fingerprint density at radius 2 is 1.83 bits per heavy atom. The number of anilines is 1. The fourth-order valence-electron chi connectivity index (χ4n) is 3.08. The molecule has 2 aromatic heterocycles. The Hall–Kier alpha value is -3.23. The fraction of sp³-hybridized carbons (Fsp3) is 0.381. The van der Waals surface area contributed by atoms with Crippen molar-refractivity contribution in [3.63, 3.8) is 0 Å². The molecule has 0 aliphatic rings. The van der Waals surface area contributed by atoms with Crippen LogP contribution in [0.5, 0.6) is 11.5 Å². The molecule has 160 valence electrons. The molecule has 9 heteroatoms. The van der Waals surface area contributed by atoms with Crippen molar-refractivity contribution >= 4 is 5.95 Å². The quantitative estimate of drug-likeness (QED) is 0.546. The molecule has 0 atom stereocenters. The van der Waals surface area contributed by atoms with Crippen LogP contribution in [0.4, 0.5) is 14.7 Å². The number of methoxy groups -OCH3 is 2. The molecule has 0 saturated heterocycles. The summed E-state index contributed by atoms with van der Waals surface area (Å²) in [6.45, 7) is 5.13. The van der Waals surface area contributed by atoms with Gasteiger partial charge in [0.05, 0.1) is 25.6 Å². The molecular weight excluding hydrogens is 392 g/mol. The number of aryl methyl sites for hydroxylation is 2. The van der Waals surface area contributed by atoms with Crippen LogP contribution in [0.3, 0.4) is 0 Å². The predicted molar refractivity (Wildman–Crippen MR) is 110 cm³/mol. The second-order valence-electron chi connectivity index (χ2n) is 6.80. The highest BCUT2D eigenvalue weighted by Crippen LogP contribution is 2.33. The standard InChI is InChI=1S/C21H25F2N5O2/c1-6-28-12-15(13(2)26-28)11-27(3)21-24-16(10-17(25-21)20(22)23)14-7-8-18(29-4)19(9-14)30-5/h7-10,12,20H,6,11H2,1-5H3. The van der Waals surface area contributed by atoms with Gasteiger partial charge in [0, 0.05) is 37.5 Å². The second-order valence-corrected chi connectivity index (χ2v) is 6.80. The molecule has 0 aliphatic carbocycles. The maximum absolute atomic E-state index is 13.5. The van der Waals surface area contributed by atoms with Crippen LogP contribution in [-0.4, -0.2) is 41.0 Å². The molecule has 7 nitrogen and oxygen atoms in total. The van der Waals surface area contributed by atoms with Gasteiger partial charge in [-0.25, -0.2) is 18.7 Å². The van der Waals surface area contributed by atoms with Crippen molar-refractivity contribution in [2.24, 2.45) is 0 Å². The van der Waals surface area contributed by atoms with Gasteiger partial charge >= 0.3 is 0 Å². The monoisotopic (exact) mass is 417 g/mol. The molecule has 0 bridgehead atoms. The Balaban J connectivity index is 1.99. The molecule has 0 spiro atoms. The zero-order valence-corrected chi connectivity index (χ0v) is 17.7. The first-order chi connectivity index (χ1) is 14.4. The van der Waals surface area contributed by atoms with Crippen LogP contribution in [0.25, 0.3) is 11.3 Å². The summed E-state index contributed by atoms with van der Waals surface area (Å²) in [5.74, 6) is 1.25. The van der Waals surface area contributed by atoms with Crippen LogP contribution < -0.4 is 14.4 Å². The van der Waals surface area contributed by atoms with Gasteiger partial charge in [-0.15, -0.1) is 0 Å². The second kappa shape index (κ2) is 9.06. The minimum absolute atomic E-state index is 0.209. The summed E-state index contributed by atoms with van der Waals surface area (Å²) in [5.41, 5.74) is 2.54. The number of rotatable bonds is 8. The minimum Gasteiger partial charge on any atom is -0.493 e. The molecule has 0 radical (unpaired) electrons. The van der Waals surface area contributed by atoms with Gasteiger partial charge in [-0.2, -0.15) is 5.10 Å². The van der Waals surface area contributed by atoms with E-state index in [1.807, 2.05) is 24.7 Å². The Labute approximate surface area is 174 Å². The van der Waals surface area contributed by atoms with E-state index in [1.54, 1.807) is 30.1 Å². The Kier molecular flexibility index (Phi) is 6.49. The Morgan fingerprint density at radius 1 is 1.10 bits per heavy atom. The first-order valence-corrected chi connectivity index (χ1v) is 9.49. The molecule has 0 aliphatic heterocycles. The number of hydrogen-bond acceptors (Lipinski definition) is 6. The number of halogens is 2. The van der Waals surface area contributed by atoms with Crippen molar-refractivity contribution in [1.29, 1.82) is 0 Å². The molecule has 0 amide bonds. The molecular formula is C21H25F2N5O2. The van der Waals surface area contributed by atoms with Crippen LogP contribution in [0.1, 0.15) is 30.3 Å². The molecule has 0 fully saturated rings. The van der Waals surface area contributed by atoms with Crippen LogP contribution >= 0.6 is 0 Å². The van der Waals surface area contributed by atoms with Crippen LogP contribution in [-0.2, 0) is 13.1 Å². The summed E-state index contributed by atoms with van der Waals surface area (Å²) in [5, 5.41) is 4.43. The molecule has 3 aromatic rings. The van der Waals surface area contributed by atoms with Crippen molar-refractivity contribution in [3.05, 3.63) is 47.4 Å². The third kappa shape index (κ3) is 4.50. The van der Waals surface area contributed by atoms with Gasteiger partial charge in [0.1, 0.15) is 5.69 Å². The van der Waals surface area contributed by atoms with E-state index in [2.05, 4.69) is 15.1 Å². The van der Waals surface area contributed by atoms with Gasteiger partial charge < -0.3 is 14.4 Å². The topological polar surface area (TPSA) is 65.3 Å². The molecule has 30 heavy (non-hydrogen) atoms. The first-order valence-electron chi connectivity index (χ1n) is 9.49. The largest absolute Gasteiger partial charge is 0.493 e. The normalized spacial score (nSPS) is 11.1. The van der Waals surface area contributed by atoms with Gasteiger partial charge in [0.15, 0.2) is 11.5 Å². The molecule has 0 N–H and O–H groups in total. The van der Waals surface area contributed by atoms with E-state index in [0.29, 0.717) is 29.3 Å². The van der Waals surface area contributed by atoms with Crippen LogP contribution in [0.15, 0.2) is 30.5 Å². The van der Waals surface area contributed by atoms with Crippen molar-refractivity contribution in [3.8, 4) is 22.8 Å². The Bertz CT molecular complexity index is 1020. The van der Waals surface area contributed by atoms with Gasteiger partial charge in [0.2, 0.25) is 5.95 Å². The average Bonchev–Trinajstić information content (AvgIpc) is 3.12. The van der Waals surface area contributed by atoms with Gasteiger partial charge in [0.25, 0.3) is 6.43 Å². The number of alkyl halides is 2. The summed E-state index contributed by atoms with van der Waals surface area (Å²) >= 11 is 0. The lowest BCUT2D eigenvalue weighted by Gasteiger charge is -2.19. The van der Waals surface area contributed by atoms with E-state index >= 15 is 0 Å². The summed E-state index contributed by atoms with van der Waals surface area (Å²) in [6.07, 6.45) is -0.776. The zero-order chi connectivity index (χ0) is 21.8. The molecule has 3 rings (SSSR count). The summed E-state index contributed by atoms with van der Waals surface area (Å²) in [7, 11) is 4.82. The lowest BCUT2D eigenvalue weighted by Crippen LogP contribution is -2.20. The number of nitrogens with zero attached hydrogens (tertiary/aromatic N) is 5. The Morgan fingerprint density at radius 3 is 2.43 bits per heavy atom. The average molecular weight is 417 g/mol. The molecule has 2 heterocycles. The van der Waals surface area contributed by atoms with E-state index in [-0.39, 0.29) is 11.6 Å². The SMILES string of the molecule is CCn1cc(CN(C)c2nc(-c3ccc(OC)c(OC)c3)cc(C(F)F)n2)c(C)n1. The summed E-state index contributed by atoms with van der Waals surface area (Å²) in [6, 6.07) is 6.46. The van der Waals surface area contributed by atoms with Crippen molar-refractivity contribution < 1.29 is 18.3 Å². The van der Waals surface area contributed by atoms with Crippen molar-refractivity contribution in [2.75, 3.05) is 26.2 Å². The fourth-order valence-corrected chi connectivity index (χ4v) is 3.08. The van der Waals surface area contributed by atoms with E-state index in [9.17, 15) is 8.78 Å². The lowest BCUT2D eigenvalue weighted by atomic mass is 10.1. The summed E-state index contributed by atoms with van der Waals surface area (Å²) < 4.78 is 39.5. The molecule has 0 saturated carbocycles. The number of hydrogen-bond donors (Lipinski definition) is 0. The van der Waals surface area contributed by atoms with Gasteiger partial charge in [-0.1, -0.05) is 0 Å². The van der Waals surface area contributed by atoms with Crippen molar-refractivity contribution in [1.82, 2.24) is 19.7 Å². The third-order valence-corrected chi connectivity index (χ3v) is 4.76. The molecule has 0 unspecified atom stereocenters. The summed E-state index contributed by atoms with van der Waals surface area (Å²) in [4.78, 5) is 10.3. The predicted octanol–water partition coefficient (Wildman–Crippen LogP) is 4.26. The van der Waals surface area contributed by atoms with Gasteiger partial charge in [-0.05, 0) is 38.1 Å². The van der Waals surface area contributed by atoms with Crippen molar-refractivity contribution in [2.45, 2.75) is 33.4 Å². The lowest BCUT2D eigenvalue weighted by molar-refractivity contribution is 0.146. The maximum atomic E-state index is 13.5. The highest BCUT2D eigenvalue weighted by Gasteiger charge is 2.18. The third-order valence-electron chi connectivity index (χ3n) is 4.76. The van der Waals surface area contributed by atoms with Crippen LogP contribution in [0.2, 0.25) is 0 Å². The highest BCUT2D eigenvalue weighted by atomic mass is 19.3. The molecule has 1 aromatic carbocycles. The minimum atomic E-state index is -2.72. The zero-order valence-electron chi connectivity index (χ0n) is 17.7.